The van der Waals surface area contributed by atoms with Gasteiger partial charge >= 0.3 is 0 Å². The SMILES string of the molecule is O=C(C[C@@H]1Sc2ccc(Cl)cc2NC1=O)NCCC1=CCCCC1. The Bertz CT molecular complexity index is 675. The molecule has 1 aliphatic heterocycles. The summed E-state index contributed by atoms with van der Waals surface area (Å²) in [4.78, 5) is 25.2. The first-order valence-corrected chi connectivity index (χ1v) is 9.59. The Morgan fingerprint density at radius 3 is 3.04 bits per heavy atom. The molecule has 0 saturated heterocycles. The lowest BCUT2D eigenvalue weighted by molar-refractivity contribution is -0.124. The molecule has 1 aromatic carbocycles. The Kier molecular flexibility index (Phi) is 5.85. The Morgan fingerprint density at radius 2 is 2.25 bits per heavy atom. The minimum absolute atomic E-state index is 0.0727. The molecule has 1 aliphatic carbocycles. The van der Waals surface area contributed by atoms with Crippen molar-refractivity contribution in [1.29, 1.82) is 0 Å². The zero-order valence-electron chi connectivity index (χ0n) is 13.4. The van der Waals surface area contributed by atoms with Crippen molar-refractivity contribution in [2.24, 2.45) is 0 Å². The van der Waals surface area contributed by atoms with Crippen LogP contribution in [-0.2, 0) is 9.59 Å². The van der Waals surface area contributed by atoms with Crippen LogP contribution in [0.4, 0.5) is 5.69 Å². The number of benzene rings is 1. The van der Waals surface area contributed by atoms with Crippen LogP contribution in [0.1, 0.15) is 38.5 Å². The molecule has 6 heteroatoms. The van der Waals surface area contributed by atoms with Gasteiger partial charge in [-0.2, -0.15) is 0 Å². The number of hydrogen-bond acceptors (Lipinski definition) is 3. The average Bonchev–Trinajstić information content (AvgIpc) is 2.57. The van der Waals surface area contributed by atoms with Crippen molar-refractivity contribution < 1.29 is 9.59 Å². The van der Waals surface area contributed by atoms with E-state index in [4.69, 9.17) is 11.6 Å². The maximum absolute atomic E-state index is 12.2. The first kappa shape index (κ1) is 17.4. The highest BCUT2D eigenvalue weighted by molar-refractivity contribution is 8.01. The van der Waals surface area contributed by atoms with Crippen LogP contribution in [0.15, 0.2) is 34.7 Å². The summed E-state index contributed by atoms with van der Waals surface area (Å²) in [5, 5.41) is 5.96. The van der Waals surface area contributed by atoms with Crippen LogP contribution in [0, 0.1) is 0 Å². The summed E-state index contributed by atoms with van der Waals surface area (Å²) in [6.07, 6.45) is 8.23. The number of carbonyl (C=O) groups is 2. The molecule has 4 nitrogen and oxygen atoms in total. The highest BCUT2D eigenvalue weighted by Gasteiger charge is 2.29. The fourth-order valence-electron chi connectivity index (χ4n) is 2.99. The van der Waals surface area contributed by atoms with Gasteiger partial charge in [0.25, 0.3) is 0 Å². The molecule has 24 heavy (non-hydrogen) atoms. The molecule has 2 aliphatic rings. The van der Waals surface area contributed by atoms with Gasteiger partial charge in [-0.05, 0) is 50.3 Å². The number of amides is 2. The molecule has 0 spiro atoms. The van der Waals surface area contributed by atoms with Crippen molar-refractivity contribution in [3.63, 3.8) is 0 Å². The lowest BCUT2D eigenvalue weighted by Crippen LogP contribution is -2.35. The summed E-state index contributed by atoms with van der Waals surface area (Å²) in [6, 6.07) is 5.40. The van der Waals surface area contributed by atoms with Crippen molar-refractivity contribution in [1.82, 2.24) is 5.32 Å². The molecule has 3 rings (SSSR count). The third-order valence-electron chi connectivity index (χ3n) is 4.29. The summed E-state index contributed by atoms with van der Waals surface area (Å²) < 4.78 is 0. The molecular formula is C18H21ClN2O2S. The number of anilines is 1. The monoisotopic (exact) mass is 364 g/mol. The van der Waals surface area contributed by atoms with Gasteiger partial charge in [0.05, 0.1) is 10.9 Å². The molecule has 0 aromatic heterocycles. The standard InChI is InChI=1S/C18H21ClN2O2S/c19-13-6-7-15-14(10-13)21-18(23)16(24-15)11-17(22)20-9-8-12-4-2-1-3-5-12/h4,6-7,10,16H,1-3,5,8-9,11H2,(H,20,22)(H,21,23)/t16-/m0/s1. The van der Waals surface area contributed by atoms with Crippen molar-refractivity contribution in [3.8, 4) is 0 Å². The zero-order chi connectivity index (χ0) is 16.9. The van der Waals surface area contributed by atoms with Gasteiger partial charge in [0.2, 0.25) is 11.8 Å². The van der Waals surface area contributed by atoms with E-state index in [0.717, 1.165) is 29.8 Å². The maximum Gasteiger partial charge on any atom is 0.238 e. The quantitative estimate of drug-likeness (QED) is 0.771. The summed E-state index contributed by atoms with van der Waals surface area (Å²) in [7, 11) is 0. The van der Waals surface area contributed by atoms with Crippen molar-refractivity contribution in [3.05, 3.63) is 34.9 Å². The van der Waals surface area contributed by atoms with Crippen LogP contribution in [0.2, 0.25) is 5.02 Å². The number of fused-ring (bicyclic) bond motifs is 1. The number of hydrogen-bond donors (Lipinski definition) is 2. The van der Waals surface area contributed by atoms with E-state index in [0.29, 0.717) is 11.6 Å². The number of carbonyl (C=O) groups excluding carboxylic acids is 2. The Labute approximate surface area is 151 Å². The van der Waals surface area contributed by atoms with Gasteiger partial charge in [0.1, 0.15) is 0 Å². The third-order valence-corrected chi connectivity index (χ3v) is 5.80. The summed E-state index contributed by atoms with van der Waals surface area (Å²) in [6.45, 7) is 0.649. The second kappa shape index (κ2) is 8.08. The fraction of sp³-hybridized carbons (Fsp3) is 0.444. The molecule has 1 heterocycles. The normalized spacial score (nSPS) is 20.0. The van der Waals surface area contributed by atoms with Gasteiger partial charge in [0, 0.05) is 22.9 Å². The van der Waals surface area contributed by atoms with Crippen molar-refractivity contribution >= 4 is 40.9 Å². The topological polar surface area (TPSA) is 58.2 Å². The van der Waals surface area contributed by atoms with E-state index in [9.17, 15) is 9.59 Å². The van der Waals surface area contributed by atoms with Crippen molar-refractivity contribution in [2.45, 2.75) is 48.7 Å². The molecule has 2 amide bonds. The van der Waals surface area contributed by atoms with E-state index in [1.807, 2.05) is 6.07 Å². The largest absolute Gasteiger partial charge is 0.356 e. The van der Waals surface area contributed by atoms with Crippen LogP contribution < -0.4 is 10.6 Å². The molecule has 1 aromatic rings. The van der Waals surface area contributed by atoms with Crippen LogP contribution in [-0.4, -0.2) is 23.6 Å². The Balaban J connectivity index is 1.48. The minimum Gasteiger partial charge on any atom is -0.356 e. The number of nitrogens with one attached hydrogen (secondary N) is 2. The number of allylic oxidation sites excluding steroid dienone is 1. The molecule has 0 radical (unpaired) electrons. The third kappa shape index (κ3) is 4.54. The highest BCUT2D eigenvalue weighted by atomic mass is 35.5. The van der Waals surface area contributed by atoms with Gasteiger partial charge in [-0.15, -0.1) is 11.8 Å². The lowest BCUT2D eigenvalue weighted by Gasteiger charge is -2.24. The molecule has 0 bridgehead atoms. The molecule has 0 fully saturated rings. The Hall–Kier alpha value is -1.46. The van der Waals surface area contributed by atoms with Gasteiger partial charge in [0.15, 0.2) is 0 Å². The van der Waals surface area contributed by atoms with E-state index >= 15 is 0 Å². The van der Waals surface area contributed by atoms with E-state index in [-0.39, 0.29) is 18.2 Å². The average molecular weight is 365 g/mol. The number of rotatable bonds is 5. The minimum atomic E-state index is -0.396. The van der Waals surface area contributed by atoms with E-state index < -0.39 is 5.25 Å². The molecular weight excluding hydrogens is 344 g/mol. The lowest BCUT2D eigenvalue weighted by atomic mass is 9.97. The summed E-state index contributed by atoms with van der Waals surface area (Å²) in [5.41, 5.74) is 2.16. The van der Waals surface area contributed by atoms with Crippen LogP contribution in [0.25, 0.3) is 0 Å². The number of thioether (sulfide) groups is 1. The molecule has 0 saturated carbocycles. The number of halogens is 1. The van der Waals surface area contributed by atoms with Gasteiger partial charge in [-0.3, -0.25) is 9.59 Å². The molecule has 1 atom stereocenters. The van der Waals surface area contributed by atoms with E-state index in [1.165, 1.54) is 30.2 Å². The highest BCUT2D eigenvalue weighted by Crippen LogP contribution is 2.38. The molecule has 128 valence electrons. The second-order valence-corrected chi connectivity index (χ2v) is 7.83. The second-order valence-electron chi connectivity index (χ2n) is 6.15. The Morgan fingerprint density at radius 1 is 1.38 bits per heavy atom. The van der Waals surface area contributed by atoms with E-state index in [2.05, 4.69) is 16.7 Å². The zero-order valence-corrected chi connectivity index (χ0v) is 15.0. The van der Waals surface area contributed by atoms with Gasteiger partial charge in [-0.25, -0.2) is 0 Å². The smallest absolute Gasteiger partial charge is 0.238 e. The first-order chi connectivity index (χ1) is 11.6. The van der Waals surface area contributed by atoms with Crippen LogP contribution in [0.5, 0.6) is 0 Å². The van der Waals surface area contributed by atoms with E-state index in [1.54, 1.807) is 12.1 Å². The molecule has 0 unspecified atom stereocenters. The predicted octanol–water partition coefficient (Wildman–Crippen LogP) is 4.15. The first-order valence-electron chi connectivity index (χ1n) is 8.33. The molecule has 2 N–H and O–H groups in total. The fourth-order valence-corrected chi connectivity index (χ4v) is 4.25. The van der Waals surface area contributed by atoms with Crippen molar-refractivity contribution in [2.75, 3.05) is 11.9 Å². The summed E-state index contributed by atoms with van der Waals surface area (Å²) >= 11 is 7.36. The maximum atomic E-state index is 12.2. The van der Waals surface area contributed by atoms with Crippen LogP contribution >= 0.6 is 23.4 Å². The van der Waals surface area contributed by atoms with Gasteiger partial charge < -0.3 is 10.6 Å². The summed E-state index contributed by atoms with van der Waals surface area (Å²) in [5.74, 6) is -0.212. The van der Waals surface area contributed by atoms with Gasteiger partial charge in [-0.1, -0.05) is 23.3 Å². The predicted molar refractivity (Wildman–Crippen MR) is 98.5 cm³/mol. The van der Waals surface area contributed by atoms with Crippen LogP contribution in [0.3, 0.4) is 0 Å².